The van der Waals surface area contributed by atoms with E-state index in [9.17, 15) is 0 Å². The summed E-state index contributed by atoms with van der Waals surface area (Å²) in [5.74, 6) is 0.719. The molecular weight excluding hydrogens is 313 g/mol. The predicted molar refractivity (Wildman–Crippen MR) is 87.2 cm³/mol. The van der Waals surface area contributed by atoms with Gasteiger partial charge in [0.2, 0.25) is 0 Å². The third-order valence-corrected chi connectivity index (χ3v) is 4.29. The van der Waals surface area contributed by atoms with Crippen molar-refractivity contribution in [3.63, 3.8) is 0 Å². The van der Waals surface area contributed by atoms with E-state index in [0.717, 1.165) is 22.0 Å². The first-order valence-electron chi connectivity index (χ1n) is 6.25. The quantitative estimate of drug-likeness (QED) is 0.735. The van der Waals surface area contributed by atoms with Crippen LogP contribution in [-0.2, 0) is 0 Å². The van der Waals surface area contributed by atoms with Crippen LogP contribution < -0.4 is 10.5 Å². The molecule has 2 N–H and O–H groups in total. The van der Waals surface area contributed by atoms with Crippen molar-refractivity contribution in [2.24, 2.45) is 0 Å². The first-order chi connectivity index (χ1) is 9.60. The maximum absolute atomic E-state index is 6.02. The van der Waals surface area contributed by atoms with Crippen LogP contribution in [0.1, 0.15) is 13.3 Å². The minimum Gasteiger partial charge on any atom is -0.491 e. The van der Waals surface area contributed by atoms with Crippen LogP contribution in [-0.4, -0.2) is 6.61 Å². The highest BCUT2D eigenvalue weighted by atomic mass is 35.5. The molecule has 0 unspecified atom stereocenters. The minimum absolute atomic E-state index is 0.551. The van der Waals surface area contributed by atoms with Crippen LogP contribution >= 0.6 is 35.0 Å². The molecule has 2 rings (SSSR count). The second kappa shape index (κ2) is 7.11. The minimum atomic E-state index is 0.551. The lowest BCUT2D eigenvalue weighted by Crippen LogP contribution is -1.98. The van der Waals surface area contributed by atoms with Crippen LogP contribution in [0.25, 0.3) is 0 Å². The summed E-state index contributed by atoms with van der Waals surface area (Å²) in [5, 5.41) is 1.11. The summed E-state index contributed by atoms with van der Waals surface area (Å²) in [6, 6.07) is 11.3. The van der Waals surface area contributed by atoms with Gasteiger partial charge >= 0.3 is 0 Å². The van der Waals surface area contributed by atoms with Crippen molar-refractivity contribution in [3.8, 4) is 5.75 Å². The van der Waals surface area contributed by atoms with Gasteiger partial charge in [-0.15, -0.1) is 0 Å². The van der Waals surface area contributed by atoms with E-state index >= 15 is 0 Å². The number of ether oxygens (including phenoxy) is 1. The molecule has 0 heterocycles. The maximum Gasteiger partial charge on any atom is 0.143 e. The molecule has 0 fully saturated rings. The van der Waals surface area contributed by atoms with E-state index in [1.54, 1.807) is 17.8 Å². The molecule has 0 amide bonds. The molecule has 2 aromatic carbocycles. The number of nitrogen functional groups attached to an aromatic ring is 1. The first-order valence-corrected chi connectivity index (χ1v) is 7.82. The van der Waals surface area contributed by atoms with E-state index in [4.69, 9.17) is 33.7 Å². The van der Waals surface area contributed by atoms with Gasteiger partial charge in [-0.25, -0.2) is 0 Å². The summed E-state index contributed by atoms with van der Waals surface area (Å²) >= 11 is 13.5. The zero-order valence-corrected chi connectivity index (χ0v) is 13.4. The van der Waals surface area contributed by atoms with E-state index in [1.807, 2.05) is 30.3 Å². The van der Waals surface area contributed by atoms with Crippen LogP contribution in [0.4, 0.5) is 5.69 Å². The summed E-state index contributed by atoms with van der Waals surface area (Å²) in [6.45, 7) is 2.72. The van der Waals surface area contributed by atoms with Crippen molar-refractivity contribution in [3.05, 3.63) is 46.4 Å². The van der Waals surface area contributed by atoms with Gasteiger partial charge in [0.1, 0.15) is 5.75 Å². The Morgan fingerprint density at radius 2 is 1.75 bits per heavy atom. The molecule has 0 aliphatic rings. The Morgan fingerprint density at radius 1 is 1.05 bits per heavy atom. The number of nitrogens with two attached hydrogens (primary N) is 1. The normalized spacial score (nSPS) is 10.6. The van der Waals surface area contributed by atoms with Gasteiger partial charge in [-0.2, -0.15) is 0 Å². The van der Waals surface area contributed by atoms with E-state index < -0.39 is 0 Å². The number of anilines is 1. The van der Waals surface area contributed by atoms with Crippen LogP contribution in [0.3, 0.4) is 0 Å². The van der Waals surface area contributed by atoms with Crippen molar-refractivity contribution in [1.29, 1.82) is 0 Å². The monoisotopic (exact) mass is 327 g/mol. The molecule has 0 saturated heterocycles. The lowest BCUT2D eigenvalue weighted by Gasteiger charge is -2.10. The number of benzene rings is 2. The summed E-state index contributed by atoms with van der Waals surface area (Å²) in [4.78, 5) is 2.06. The van der Waals surface area contributed by atoms with Gasteiger partial charge in [-0.05, 0) is 42.8 Å². The van der Waals surface area contributed by atoms with Gasteiger partial charge in [0.15, 0.2) is 0 Å². The van der Waals surface area contributed by atoms with Crippen molar-refractivity contribution < 1.29 is 4.74 Å². The molecule has 0 spiro atoms. The fourth-order valence-electron chi connectivity index (χ4n) is 1.59. The number of halogens is 2. The summed E-state index contributed by atoms with van der Waals surface area (Å²) in [5.41, 5.74) is 6.54. The maximum atomic E-state index is 6.02. The summed E-state index contributed by atoms with van der Waals surface area (Å²) < 4.78 is 5.62. The zero-order valence-electron chi connectivity index (χ0n) is 11.0. The van der Waals surface area contributed by atoms with Gasteiger partial charge < -0.3 is 10.5 Å². The largest absolute Gasteiger partial charge is 0.491 e. The molecule has 0 aliphatic carbocycles. The molecule has 2 aromatic rings. The van der Waals surface area contributed by atoms with Gasteiger partial charge in [-0.1, -0.05) is 41.9 Å². The molecule has 0 aliphatic heterocycles. The molecule has 0 bridgehead atoms. The van der Waals surface area contributed by atoms with E-state index in [2.05, 4.69) is 6.92 Å². The van der Waals surface area contributed by atoms with Crippen molar-refractivity contribution in [2.45, 2.75) is 23.1 Å². The molecule has 0 saturated carbocycles. The second-order valence-electron chi connectivity index (χ2n) is 4.23. The van der Waals surface area contributed by atoms with Gasteiger partial charge in [0.25, 0.3) is 0 Å². The van der Waals surface area contributed by atoms with Gasteiger partial charge in [-0.3, -0.25) is 0 Å². The lowest BCUT2D eigenvalue weighted by molar-refractivity contribution is 0.318. The third-order valence-electron chi connectivity index (χ3n) is 2.57. The highest BCUT2D eigenvalue weighted by Gasteiger charge is 2.05. The van der Waals surface area contributed by atoms with Gasteiger partial charge in [0, 0.05) is 9.79 Å². The summed E-state index contributed by atoms with van der Waals surface area (Å²) in [7, 11) is 0. The average molecular weight is 328 g/mol. The van der Waals surface area contributed by atoms with Crippen LogP contribution in [0.2, 0.25) is 10.0 Å². The predicted octanol–water partition coefficient (Wildman–Crippen LogP) is 5.52. The lowest BCUT2D eigenvalue weighted by atomic mass is 10.3. The molecule has 0 aromatic heterocycles. The molecular formula is C15H15Cl2NOS. The molecule has 0 radical (unpaired) electrons. The van der Waals surface area contributed by atoms with Crippen LogP contribution in [0, 0.1) is 0 Å². The molecule has 20 heavy (non-hydrogen) atoms. The fourth-order valence-corrected chi connectivity index (χ4v) is 2.84. The Hall–Kier alpha value is -1.03. The van der Waals surface area contributed by atoms with Crippen molar-refractivity contribution >= 4 is 40.7 Å². The highest BCUT2D eigenvalue weighted by molar-refractivity contribution is 7.99. The van der Waals surface area contributed by atoms with E-state index in [1.165, 1.54) is 0 Å². The van der Waals surface area contributed by atoms with E-state index in [0.29, 0.717) is 22.3 Å². The fraction of sp³-hybridized carbons (Fsp3) is 0.200. The standard InChI is InChI=1S/C15H15Cl2NOS/c1-2-7-19-15-9-11(4-6-14(15)18)20-10-3-5-12(16)13(17)8-10/h3-6,8-9H,2,7,18H2,1H3. The topological polar surface area (TPSA) is 35.2 Å². The highest BCUT2D eigenvalue weighted by Crippen LogP contribution is 2.35. The number of hydrogen-bond donors (Lipinski definition) is 1. The van der Waals surface area contributed by atoms with Crippen molar-refractivity contribution in [1.82, 2.24) is 0 Å². The molecule has 5 heteroatoms. The summed E-state index contributed by atoms with van der Waals surface area (Å²) in [6.07, 6.45) is 0.948. The zero-order chi connectivity index (χ0) is 14.5. The van der Waals surface area contributed by atoms with Gasteiger partial charge in [0.05, 0.1) is 22.3 Å². The molecule has 2 nitrogen and oxygen atoms in total. The Labute approximate surface area is 133 Å². The smallest absolute Gasteiger partial charge is 0.143 e. The van der Waals surface area contributed by atoms with Crippen LogP contribution in [0.15, 0.2) is 46.2 Å². The second-order valence-corrected chi connectivity index (χ2v) is 6.19. The SMILES string of the molecule is CCCOc1cc(Sc2ccc(Cl)c(Cl)c2)ccc1N. The Balaban J connectivity index is 2.18. The Morgan fingerprint density at radius 3 is 2.45 bits per heavy atom. The molecule has 0 atom stereocenters. The number of rotatable bonds is 5. The number of hydrogen-bond acceptors (Lipinski definition) is 3. The van der Waals surface area contributed by atoms with Crippen LogP contribution in [0.5, 0.6) is 5.75 Å². The van der Waals surface area contributed by atoms with Crippen molar-refractivity contribution in [2.75, 3.05) is 12.3 Å². The molecule has 106 valence electrons. The first kappa shape index (κ1) is 15.4. The Bertz CT molecular complexity index is 604. The Kier molecular flexibility index (Phi) is 5.46. The van der Waals surface area contributed by atoms with E-state index in [-0.39, 0.29) is 0 Å². The third kappa shape index (κ3) is 3.98. The average Bonchev–Trinajstić information content (AvgIpc) is 2.43.